The van der Waals surface area contributed by atoms with Crippen LogP contribution in [-0.4, -0.2) is 33.2 Å². The van der Waals surface area contributed by atoms with Gasteiger partial charge in [-0.15, -0.1) is 0 Å². The van der Waals surface area contributed by atoms with Crippen molar-refractivity contribution in [1.29, 1.82) is 0 Å². The van der Waals surface area contributed by atoms with E-state index < -0.39 is 6.10 Å². The number of carbonyl (C=O) groups is 1. The minimum Gasteiger partial charge on any atom is -0.491 e. The maximum Gasteiger partial charge on any atom is 0.261 e. The zero-order valence-corrected chi connectivity index (χ0v) is 14.7. The number of aliphatic hydroxyl groups excluding tert-OH is 1. The van der Waals surface area contributed by atoms with Gasteiger partial charge in [-0.3, -0.25) is 14.2 Å². The van der Waals surface area contributed by atoms with E-state index >= 15 is 0 Å². The Morgan fingerprint density at radius 3 is 2.65 bits per heavy atom. The minimum atomic E-state index is -0.871. The quantitative estimate of drug-likeness (QED) is 0.689. The Balaban J connectivity index is 1.67. The third-order valence-corrected chi connectivity index (χ3v) is 4.09. The van der Waals surface area contributed by atoms with Crippen LogP contribution < -0.4 is 10.3 Å². The zero-order valence-electron chi connectivity index (χ0n) is 14.7. The van der Waals surface area contributed by atoms with Gasteiger partial charge in [0.05, 0.1) is 23.8 Å². The Hall–Kier alpha value is -2.99. The Bertz CT molecular complexity index is 993. The summed E-state index contributed by atoms with van der Waals surface area (Å²) in [6.45, 7) is 3.52. The average molecular weight is 352 g/mol. The van der Waals surface area contributed by atoms with E-state index in [1.807, 2.05) is 13.0 Å². The van der Waals surface area contributed by atoms with E-state index in [1.54, 1.807) is 36.4 Å². The van der Waals surface area contributed by atoms with Crippen LogP contribution in [0.5, 0.6) is 5.75 Å². The summed E-state index contributed by atoms with van der Waals surface area (Å²) in [4.78, 5) is 28.0. The first-order valence-electron chi connectivity index (χ1n) is 8.31. The predicted molar refractivity (Wildman–Crippen MR) is 98.7 cm³/mol. The van der Waals surface area contributed by atoms with E-state index in [0.29, 0.717) is 22.2 Å². The van der Waals surface area contributed by atoms with E-state index in [4.69, 9.17) is 4.74 Å². The first-order chi connectivity index (χ1) is 12.4. The molecule has 134 valence electrons. The Morgan fingerprint density at radius 1 is 1.23 bits per heavy atom. The molecule has 0 aliphatic carbocycles. The molecule has 0 saturated carbocycles. The third-order valence-electron chi connectivity index (χ3n) is 4.09. The fraction of sp³-hybridized carbons (Fsp3) is 0.250. The third kappa shape index (κ3) is 3.97. The number of hydrogen-bond donors (Lipinski definition) is 1. The molecule has 1 atom stereocenters. The van der Waals surface area contributed by atoms with Crippen molar-refractivity contribution in [1.82, 2.24) is 9.55 Å². The first-order valence-corrected chi connectivity index (χ1v) is 8.31. The molecule has 0 bridgehead atoms. The lowest BCUT2D eigenvalue weighted by atomic mass is 10.1. The number of Topliss-reactive ketones (excluding diaryl/α,β-unsaturated/α-hetero) is 1. The van der Waals surface area contributed by atoms with Crippen LogP contribution in [0.2, 0.25) is 0 Å². The number of aromatic nitrogens is 2. The molecule has 26 heavy (non-hydrogen) atoms. The van der Waals surface area contributed by atoms with E-state index in [9.17, 15) is 14.7 Å². The lowest BCUT2D eigenvalue weighted by Crippen LogP contribution is -2.30. The van der Waals surface area contributed by atoms with Crippen molar-refractivity contribution in [3.8, 4) is 5.75 Å². The molecule has 1 N–H and O–H groups in total. The van der Waals surface area contributed by atoms with Gasteiger partial charge in [-0.25, -0.2) is 4.98 Å². The maximum atomic E-state index is 12.5. The molecule has 1 heterocycles. The summed E-state index contributed by atoms with van der Waals surface area (Å²) in [7, 11) is 0. The molecule has 0 amide bonds. The number of nitrogens with zero attached hydrogens (tertiary/aromatic N) is 2. The highest BCUT2D eigenvalue weighted by atomic mass is 16.5. The minimum absolute atomic E-state index is 0.0185. The van der Waals surface area contributed by atoms with Crippen LogP contribution in [0, 0.1) is 6.92 Å². The van der Waals surface area contributed by atoms with Gasteiger partial charge in [0.15, 0.2) is 5.78 Å². The van der Waals surface area contributed by atoms with Crippen LogP contribution in [0.1, 0.15) is 22.8 Å². The van der Waals surface area contributed by atoms with Crippen molar-refractivity contribution < 1.29 is 14.6 Å². The molecule has 6 heteroatoms. The van der Waals surface area contributed by atoms with Crippen LogP contribution in [0.4, 0.5) is 0 Å². The summed E-state index contributed by atoms with van der Waals surface area (Å²) in [6.07, 6.45) is 0.564. The molecule has 1 unspecified atom stereocenters. The number of rotatable bonds is 6. The summed E-state index contributed by atoms with van der Waals surface area (Å²) in [5.41, 5.74) is 2.02. The number of aryl methyl sites for hydroxylation is 1. The van der Waals surface area contributed by atoms with Gasteiger partial charge < -0.3 is 9.84 Å². The highest BCUT2D eigenvalue weighted by Gasteiger charge is 2.11. The number of aliphatic hydroxyl groups is 1. The molecule has 0 spiro atoms. The van der Waals surface area contributed by atoms with Gasteiger partial charge in [-0.2, -0.15) is 0 Å². The van der Waals surface area contributed by atoms with Crippen molar-refractivity contribution in [3.05, 3.63) is 70.3 Å². The molecule has 0 aliphatic heterocycles. The van der Waals surface area contributed by atoms with Gasteiger partial charge in [0.25, 0.3) is 5.56 Å². The standard InChI is InChI=1S/C20H20N2O4/c1-13-3-8-19-18(9-13)20(25)22(12-21-19)10-16(24)11-26-17-6-4-15(5-7-17)14(2)23/h3-9,12,16,24H,10-11H2,1-2H3. The van der Waals surface area contributed by atoms with Gasteiger partial charge in [0.1, 0.15) is 18.5 Å². The van der Waals surface area contributed by atoms with Crippen molar-refractivity contribution in [2.45, 2.75) is 26.5 Å². The van der Waals surface area contributed by atoms with Crippen LogP contribution in [0.3, 0.4) is 0 Å². The Labute approximate surface area is 150 Å². The summed E-state index contributed by atoms with van der Waals surface area (Å²) in [6, 6.07) is 12.2. The Morgan fingerprint density at radius 2 is 1.96 bits per heavy atom. The van der Waals surface area contributed by atoms with Gasteiger partial charge in [-0.1, -0.05) is 11.6 Å². The molecule has 0 aliphatic rings. The topological polar surface area (TPSA) is 81.4 Å². The van der Waals surface area contributed by atoms with Crippen molar-refractivity contribution in [2.75, 3.05) is 6.61 Å². The number of carbonyl (C=O) groups excluding carboxylic acids is 1. The van der Waals surface area contributed by atoms with Gasteiger partial charge >= 0.3 is 0 Å². The second-order valence-corrected chi connectivity index (χ2v) is 6.27. The van der Waals surface area contributed by atoms with Gasteiger partial charge in [0.2, 0.25) is 0 Å². The predicted octanol–water partition coefficient (Wildman–Crippen LogP) is 2.35. The molecule has 3 rings (SSSR count). The van der Waals surface area contributed by atoms with Crippen molar-refractivity contribution >= 4 is 16.7 Å². The smallest absolute Gasteiger partial charge is 0.261 e. The number of ketones is 1. The van der Waals surface area contributed by atoms with E-state index in [0.717, 1.165) is 5.56 Å². The summed E-state index contributed by atoms with van der Waals surface area (Å²) >= 11 is 0. The van der Waals surface area contributed by atoms with E-state index in [2.05, 4.69) is 4.98 Å². The average Bonchev–Trinajstić information content (AvgIpc) is 2.63. The van der Waals surface area contributed by atoms with E-state index in [-0.39, 0.29) is 24.5 Å². The van der Waals surface area contributed by atoms with Crippen LogP contribution in [-0.2, 0) is 6.54 Å². The first kappa shape index (κ1) is 17.8. The molecule has 1 aromatic heterocycles. The molecule has 2 aromatic carbocycles. The molecular formula is C20H20N2O4. The largest absolute Gasteiger partial charge is 0.491 e. The monoisotopic (exact) mass is 352 g/mol. The highest BCUT2D eigenvalue weighted by molar-refractivity contribution is 5.94. The fourth-order valence-corrected chi connectivity index (χ4v) is 2.66. The summed E-state index contributed by atoms with van der Waals surface area (Å²) < 4.78 is 6.91. The highest BCUT2D eigenvalue weighted by Crippen LogP contribution is 2.13. The number of benzene rings is 2. The molecule has 0 saturated heterocycles. The van der Waals surface area contributed by atoms with Crippen molar-refractivity contribution in [2.24, 2.45) is 0 Å². The zero-order chi connectivity index (χ0) is 18.7. The Kier molecular flexibility index (Phi) is 5.14. The normalized spacial score (nSPS) is 12.1. The summed E-state index contributed by atoms with van der Waals surface area (Å²) in [5.74, 6) is 0.531. The molecular weight excluding hydrogens is 332 g/mol. The molecule has 6 nitrogen and oxygen atoms in total. The van der Waals surface area contributed by atoms with Gasteiger partial charge in [0, 0.05) is 5.56 Å². The number of ether oxygens (including phenoxy) is 1. The second-order valence-electron chi connectivity index (χ2n) is 6.27. The lowest BCUT2D eigenvalue weighted by molar-refractivity contribution is 0.0914. The SMILES string of the molecule is CC(=O)c1ccc(OCC(O)Cn2cnc3ccc(C)cc3c2=O)cc1. The van der Waals surface area contributed by atoms with Crippen LogP contribution in [0.15, 0.2) is 53.6 Å². The lowest BCUT2D eigenvalue weighted by Gasteiger charge is -2.14. The molecule has 0 fully saturated rings. The van der Waals surface area contributed by atoms with Crippen molar-refractivity contribution in [3.63, 3.8) is 0 Å². The van der Waals surface area contributed by atoms with E-state index in [1.165, 1.54) is 17.8 Å². The number of hydrogen-bond acceptors (Lipinski definition) is 5. The van der Waals surface area contributed by atoms with Crippen LogP contribution in [0.25, 0.3) is 10.9 Å². The number of fused-ring (bicyclic) bond motifs is 1. The van der Waals surface area contributed by atoms with Gasteiger partial charge in [-0.05, 0) is 50.2 Å². The molecule has 3 aromatic rings. The second kappa shape index (κ2) is 7.49. The maximum absolute atomic E-state index is 12.5. The molecule has 0 radical (unpaired) electrons. The summed E-state index contributed by atoms with van der Waals surface area (Å²) in [5, 5.41) is 10.7. The van der Waals surface area contributed by atoms with Crippen LogP contribution >= 0.6 is 0 Å². The fourth-order valence-electron chi connectivity index (χ4n) is 2.66.